The number of alkyl halides is 2. The molecule has 0 bridgehead atoms. The van der Waals surface area contributed by atoms with Crippen molar-refractivity contribution in [2.75, 3.05) is 6.61 Å². The number of pyridine rings is 1. The molecule has 22 heavy (non-hydrogen) atoms. The Labute approximate surface area is 127 Å². The second kappa shape index (κ2) is 6.22. The van der Waals surface area contributed by atoms with Gasteiger partial charge in [-0.05, 0) is 19.1 Å². The lowest BCUT2D eigenvalue weighted by Gasteiger charge is -2.13. The lowest BCUT2D eigenvalue weighted by atomic mass is 10.1. The molecule has 0 fully saturated rings. The molecule has 2 rings (SSSR count). The van der Waals surface area contributed by atoms with Crippen molar-refractivity contribution in [1.29, 1.82) is 0 Å². The number of aromatic nitrogens is 1. The summed E-state index contributed by atoms with van der Waals surface area (Å²) in [5, 5.41) is 9.91. The second-order valence-corrected chi connectivity index (χ2v) is 4.45. The molecule has 0 saturated carbocycles. The van der Waals surface area contributed by atoms with Gasteiger partial charge in [-0.2, -0.15) is 13.6 Å². The van der Waals surface area contributed by atoms with Crippen LogP contribution in [0.1, 0.15) is 17.3 Å². The van der Waals surface area contributed by atoms with Crippen LogP contribution in [0.4, 0.5) is 13.3 Å². The number of esters is 1. The van der Waals surface area contributed by atoms with E-state index in [1.165, 1.54) is 19.1 Å². The Bertz CT molecular complexity index is 791. The molecular formula is C13H10F3NO4S. The van der Waals surface area contributed by atoms with Crippen molar-refractivity contribution in [2.24, 2.45) is 0 Å². The molecule has 0 spiro atoms. The first-order chi connectivity index (χ1) is 10.4. The van der Waals surface area contributed by atoms with E-state index < -0.39 is 39.8 Å². The van der Waals surface area contributed by atoms with E-state index in [1.807, 2.05) is 0 Å². The van der Waals surface area contributed by atoms with Crippen LogP contribution in [0.15, 0.2) is 18.2 Å². The molecule has 1 heterocycles. The molecule has 2 aromatic rings. The van der Waals surface area contributed by atoms with Gasteiger partial charge in [0, 0.05) is 5.39 Å². The summed E-state index contributed by atoms with van der Waals surface area (Å²) >= 11 is 4.76. The van der Waals surface area contributed by atoms with Gasteiger partial charge in [0.2, 0.25) is 0 Å². The van der Waals surface area contributed by atoms with Crippen molar-refractivity contribution in [3.63, 3.8) is 0 Å². The Hall–Kier alpha value is -2.29. The van der Waals surface area contributed by atoms with Crippen LogP contribution < -0.4 is 4.74 Å². The first kappa shape index (κ1) is 16.1. The van der Waals surface area contributed by atoms with E-state index in [1.54, 1.807) is 0 Å². The number of carbonyl (C=O) groups is 1. The fourth-order valence-electron chi connectivity index (χ4n) is 1.93. The van der Waals surface area contributed by atoms with E-state index in [9.17, 15) is 23.2 Å². The highest BCUT2D eigenvalue weighted by Crippen LogP contribution is 2.36. The average Bonchev–Trinajstić information content (AvgIpc) is 2.44. The number of ether oxygens (including phenoxy) is 2. The summed E-state index contributed by atoms with van der Waals surface area (Å²) in [4.78, 5) is 11.6. The lowest BCUT2D eigenvalue weighted by Crippen LogP contribution is -2.10. The monoisotopic (exact) mass is 333 g/mol. The molecule has 5 nitrogen and oxygen atoms in total. The van der Waals surface area contributed by atoms with Gasteiger partial charge in [-0.25, -0.2) is 4.79 Å². The van der Waals surface area contributed by atoms with Gasteiger partial charge < -0.3 is 14.6 Å². The molecule has 118 valence electrons. The van der Waals surface area contributed by atoms with Crippen LogP contribution >= 0.6 is 12.2 Å². The number of para-hydroxylation sites is 1. The minimum atomic E-state index is -3.19. The van der Waals surface area contributed by atoms with Gasteiger partial charge in [-0.15, -0.1) is 0 Å². The molecule has 1 aromatic carbocycles. The summed E-state index contributed by atoms with van der Waals surface area (Å²) in [6.45, 7) is -1.67. The van der Waals surface area contributed by atoms with Crippen LogP contribution in [0, 0.1) is 4.64 Å². The van der Waals surface area contributed by atoms with Crippen molar-refractivity contribution in [3.8, 4) is 11.5 Å². The Kier molecular flexibility index (Phi) is 4.55. The van der Waals surface area contributed by atoms with Crippen molar-refractivity contribution < 1.29 is 32.6 Å². The van der Waals surface area contributed by atoms with Crippen molar-refractivity contribution in [3.05, 3.63) is 28.4 Å². The van der Waals surface area contributed by atoms with Gasteiger partial charge in [-0.1, -0.05) is 22.8 Å². The number of hydrogen-bond donors (Lipinski definition) is 1. The molecule has 0 aliphatic rings. The van der Waals surface area contributed by atoms with E-state index in [0.29, 0.717) is 0 Å². The maximum atomic E-state index is 14.3. The SMILES string of the molecule is CCOC(=O)c1c(O)c2cccc(OC(F)F)c2n(F)c1=S. The third kappa shape index (κ3) is 2.71. The molecular weight excluding hydrogens is 323 g/mol. The fourth-order valence-corrected chi connectivity index (χ4v) is 2.20. The maximum Gasteiger partial charge on any atom is 0.387 e. The zero-order valence-corrected chi connectivity index (χ0v) is 12.0. The van der Waals surface area contributed by atoms with Gasteiger partial charge in [-0.3, -0.25) is 0 Å². The molecule has 9 heteroatoms. The van der Waals surface area contributed by atoms with Gasteiger partial charge in [0.1, 0.15) is 16.8 Å². The number of aromatic hydroxyl groups is 1. The first-order valence-electron chi connectivity index (χ1n) is 6.07. The zero-order valence-electron chi connectivity index (χ0n) is 11.2. The summed E-state index contributed by atoms with van der Waals surface area (Å²) < 4.78 is 47.3. The number of nitrogens with zero attached hydrogens (tertiary/aromatic N) is 1. The largest absolute Gasteiger partial charge is 0.506 e. The fraction of sp³-hybridized carbons (Fsp3) is 0.231. The maximum absolute atomic E-state index is 14.3. The number of benzene rings is 1. The molecule has 0 unspecified atom stereocenters. The lowest BCUT2D eigenvalue weighted by molar-refractivity contribution is -0.0492. The predicted octanol–water partition coefficient (Wildman–Crippen LogP) is 3.59. The molecule has 1 N–H and O–H groups in total. The van der Waals surface area contributed by atoms with E-state index in [0.717, 1.165) is 6.07 Å². The van der Waals surface area contributed by atoms with Crippen molar-refractivity contribution in [1.82, 2.24) is 4.79 Å². The summed E-state index contributed by atoms with van der Waals surface area (Å²) in [7, 11) is 0. The van der Waals surface area contributed by atoms with E-state index in [2.05, 4.69) is 4.74 Å². The Morgan fingerprint density at radius 1 is 1.45 bits per heavy atom. The highest BCUT2D eigenvalue weighted by atomic mass is 32.1. The molecule has 0 amide bonds. The molecule has 0 atom stereocenters. The van der Waals surface area contributed by atoms with E-state index >= 15 is 0 Å². The molecule has 0 aliphatic heterocycles. The van der Waals surface area contributed by atoms with Gasteiger partial charge >= 0.3 is 12.6 Å². The van der Waals surface area contributed by atoms with Gasteiger partial charge in [0.15, 0.2) is 10.4 Å². The quantitative estimate of drug-likeness (QED) is 0.684. The molecule has 0 saturated heterocycles. The average molecular weight is 333 g/mol. The standard InChI is InChI=1S/C13H10F3NO4S/c1-2-20-12(19)8-10(18)6-4-3-5-7(21-13(14)15)9(6)17(16)11(8)22/h3-5,13,18H,2H2,1H3. The number of rotatable bonds is 4. The normalized spacial score (nSPS) is 11.0. The van der Waals surface area contributed by atoms with Crippen LogP contribution in [0.2, 0.25) is 0 Å². The van der Waals surface area contributed by atoms with Gasteiger partial charge in [0.25, 0.3) is 0 Å². The smallest absolute Gasteiger partial charge is 0.387 e. The van der Waals surface area contributed by atoms with Gasteiger partial charge in [0.05, 0.1) is 6.61 Å². The second-order valence-electron chi connectivity index (χ2n) is 4.06. The van der Waals surface area contributed by atoms with Crippen LogP contribution in [0.3, 0.4) is 0 Å². The van der Waals surface area contributed by atoms with Crippen molar-refractivity contribution >= 4 is 29.1 Å². The number of carbonyl (C=O) groups excluding carboxylic acids is 1. The van der Waals surface area contributed by atoms with E-state index in [-0.39, 0.29) is 16.8 Å². The summed E-state index contributed by atoms with van der Waals surface area (Å²) in [5.74, 6) is -2.20. The number of hydrogen-bond acceptors (Lipinski definition) is 5. The number of halogens is 3. The highest BCUT2D eigenvalue weighted by molar-refractivity contribution is 7.71. The Morgan fingerprint density at radius 2 is 2.14 bits per heavy atom. The Balaban J connectivity index is 2.81. The van der Waals surface area contributed by atoms with Crippen molar-refractivity contribution in [2.45, 2.75) is 13.5 Å². The highest BCUT2D eigenvalue weighted by Gasteiger charge is 2.23. The minimum absolute atomic E-state index is 0.00803. The molecule has 1 aromatic heterocycles. The van der Waals surface area contributed by atoms with Crippen LogP contribution in [0.5, 0.6) is 11.5 Å². The summed E-state index contributed by atoms with van der Waals surface area (Å²) in [5.41, 5.74) is -1.06. The predicted molar refractivity (Wildman–Crippen MR) is 73.5 cm³/mol. The third-order valence-corrected chi connectivity index (χ3v) is 3.14. The van der Waals surface area contributed by atoms with E-state index in [4.69, 9.17) is 17.0 Å². The van der Waals surface area contributed by atoms with Crippen LogP contribution in [-0.2, 0) is 4.74 Å². The topological polar surface area (TPSA) is 60.7 Å². The zero-order chi connectivity index (χ0) is 16.4. The summed E-state index contributed by atoms with van der Waals surface area (Å²) in [6.07, 6.45) is 0. The van der Waals surface area contributed by atoms with Crippen LogP contribution in [0.25, 0.3) is 10.9 Å². The molecule has 0 aliphatic carbocycles. The third-order valence-electron chi connectivity index (χ3n) is 2.78. The summed E-state index contributed by atoms with van der Waals surface area (Å²) in [6, 6.07) is 3.58. The van der Waals surface area contributed by atoms with Crippen LogP contribution in [-0.4, -0.2) is 29.1 Å². The molecule has 0 radical (unpaired) electrons. The number of fused-ring (bicyclic) bond motifs is 1. The minimum Gasteiger partial charge on any atom is -0.506 e. The first-order valence-corrected chi connectivity index (χ1v) is 6.48. The Morgan fingerprint density at radius 3 is 2.73 bits per heavy atom.